The smallest absolute Gasteiger partial charge is 0.214 e. The lowest BCUT2D eigenvalue weighted by atomic mass is 10.0. The molecule has 0 saturated carbocycles. The maximum Gasteiger partial charge on any atom is 0.214 e. The highest BCUT2D eigenvalue weighted by Crippen LogP contribution is 2.16. The molecule has 94 valence electrons. The van der Waals surface area contributed by atoms with Crippen LogP contribution in [0.4, 0.5) is 10.2 Å². The second-order valence-electron chi connectivity index (χ2n) is 4.89. The Morgan fingerprint density at radius 3 is 2.65 bits per heavy atom. The first-order valence-corrected chi connectivity index (χ1v) is 6.28. The van der Waals surface area contributed by atoms with Gasteiger partial charge in [0.25, 0.3) is 0 Å². The number of halogens is 1. The molecule has 0 aliphatic carbocycles. The zero-order valence-corrected chi connectivity index (χ0v) is 10.5. The fraction of sp³-hybridized carbons (Fsp3) is 0.615. The van der Waals surface area contributed by atoms with Crippen LogP contribution in [0.1, 0.15) is 26.7 Å². The van der Waals surface area contributed by atoms with Crippen LogP contribution in [0, 0.1) is 5.95 Å². The number of likely N-dealkylation sites (tertiary alicyclic amines) is 1. The summed E-state index contributed by atoms with van der Waals surface area (Å²) in [5, 5.41) is 3.30. The molecule has 0 unspecified atom stereocenters. The molecule has 1 aromatic rings. The summed E-state index contributed by atoms with van der Waals surface area (Å²) in [4.78, 5) is 6.30. The van der Waals surface area contributed by atoms with E-state index in [1.165, 1.54) is 6.07 Å². The van der Waals surface area contributed by atoms with Gasteiger partial charge in [-0.2, -0.15) is 4.39 Å². The number of piperidine rings is 1. The van der Waals surface area contributed by atoms with Crippen LogP contribution in [-0.4, -0.2) is 35.1 Å². The molecule has 0 aromatic carbocycles. The van der Waals surface area contributed by atoms with Gasteiger partial charge in [0.05, 0.1) is 0 Å². The largest absolute Gasteiger partial charge is 0.367 e. The Morgan fingerprint density at radius 2 is 2.06 bits per heavy atom. The quantitative estimate of drug-likeness (QED) is 0.819. The highest BCUT2D eigenvalue weighted by Gasteiger charge is 2.20. The van der Waals surface area contributed by atoms with Crippen molar-refractivity contribution in [1.29, 1.82) is 0 Å². The van der Waals surface area contributed by atoms with E-state index in [0.717, 1.165) is 25.9 Å². The number of aromatic nitrogens is 1. The van der Waals surface area contributed by atoms with Gasteiger partial charge in [0.1, 0.15) is 5.82 Å². The predicted molar refractivity (Wildman–Crippen MR) is 67.5 cm³/mol. The van der Waals surface area contributed by atoms with Gasteiger partial charge in [-0.25, -0.2) is 4.98 Å². The molecule has 1 saturated heterocycles. The Bertz CT molecular complexity index is 359. The number of rotatable bonds is 3. The van der Waals surface area contributed by atoms with Gasteiger partial charge >= 0.3 is 0 Å². The standard InChI is InChI=1S/C13H20FN3/c1-10(2)17-8-6-11(7-9-17)15-13-5-3-4-12(14)16-13/h3-5,10-11H,6-9H2,1-2H3,(H,15,16). The van der Waals surface area contributed by atoms with Crippen molar-refractivity contribution in [3.05, 3.63) is 24.1 Å². The van der Waals surface area contributed by atoms with E-state index in [2.05, 4.69) is 29.0 Å². The minimum Gasteiger partial charge on any atom is -0.367 e. The molecule has 1 aliphatic rings. The average molecular weight is 237 g/mol. The summed E-state index contributed by atoms with van der Waals surface area (Å²) in [6, 6.07) is 5.90. The van der Waals surface area contributed by atoms with E-state index < -0.39 is 5.95 Å². The number of pyridine rings is 1. The third-order valence-corrected chi connectivity index (χ3v) is 3.33. The Hall–Kier alpha value is -1.16. The zero-order chi connectivity index (χ0) is 12.3. The van der Waals surface area contributed by atoms with Crippen LogP contribution in [0.2, 0.25) is 0 Å². The lowest BCUT2D eigenvalue weighted by molar-refractivity contribution is 0.177. The Kier molecular flexibility index (Phi) is 3.94. The molecule has 3 nitrogen and oxygen atoms in total. The number of hydrogen-bond donors (Lipinski definition) is 1. The fourth-order valence-electron chi connectivity index (χ4n) is 2.26. The summed E-state index contributed by atoms with van der Waals surface area (Å²) in [6.07, 6.45) is 2.19. The molecule has 17 heavy (non-hydrogen) atoms. The highest BCUT2D eigenvalue weighted by molar-refractivity contribution is 5.34. The van der Waals surface area contributed by atoms with E-state index in [0.29, 0.717) is 17.9 Å². The molecule has 1 N–H and O–H groups in total. The Morgan fingerprint density at radius 1 is 1.35 bits per heavy atom. The third-order valence-electron chi connectivity index (χ3n) is 3.33. The van der Waals surface area contributed by atoms with Crippen molar-refractivity contribution < 1.29 is 4.39 Å². The number of anilines is 1. The first kappa shape index (κ1) is 12.3. The minimum atomic E-state index is -0.422. The monoisotopic (exact) mass is 237 g/mol. The fourth-order valence-corrected chi connectivity index (χ4v) is 2.26. The van der Waals surface area contributed by atoms with E-state index in [4.69, 9.17) is 0 Å². The van der Waals surface area contributed by atoms with Crippen molar-refractivity contribution in [3.63, 3.8) is 0 Å². The minimum absolute atomic E-state index is 0.416. The predicted octanol–water partition coefficient (Wildman–Crippen LogP) is 2.51. The number of hydrogen-bond acceptors (Lipinski definition) is 3. The summed E-state index contributed by atoms with van der Waals surface area (Å²) in [6.45, 7) is 6.65. The second-order valence-corrected chi connectivity index (χ2v) is 4.89. The van der Waals surface area contributed by atoms with Crippen LogP contribution < -0.4 is 5.32 Å². The highest BCUT2D eigenvalue weighted by atomic mass is 19.1. The molecule has 0 atom stereocenters. The molecule has 2 rings (SSSR count). The average Bonchev–Trinajstić information content (AvgIpc) is 2.29. The maximum absolute atomic E-state index is 12.9. The van der Waals surface area contributed by atoms with E-state index in [9.17, 15) is 4.39 Å². The van der Waals surface area contributed by atoms with E-state index >= 15 is 0 Å². The van der Waals surface area contributed by atoms with Gasteiger partial charge in [0.2, 0.25) is 5.95 Å². The number of nitrogens with one attached hydrogen (secondary N) is 1. The van der Waals surface area contributed by atoms with E-state index in [-0.39, 0.29) is 0 Å². The molecular formula is C13H20FN3. The molecule has 1 aliphatic heterocycles. The van der Waals surface area contributed by atoms with E-state index in [1.807, 2.05) is 6.07 Å². The van der Waals surface area contributed by atoms with Gasteiger partial charge in [-0.15, -0.1) is 0 Å². The van der Waals surface area contributed by atoms with Crippen molar-refractivity contribution in [2.75, 3.05) is 18.4 Å². The molecule has 0 radical (unpaired) electrons. The van der Waals surface area contributed by atoms with Crippen molar-refractivity contribution in [2.24, 2.45) is 0 Å². The topological polar surface area (TPSA) is 28.2 Å². The SMILES string of the molecule is CC(C)N1CCC(Nc2cccc(F)n2)CC1. The van der Waals surface area contributed by atoms with Crippen LogP contribution in [-0.2, 0) is 0 Å². The lowest BCUT2D eigenvalue weighted by Crippen LogP contribution is -2.42. The molecule has 1 fully saturated rings. The van der Waals surface area contributed by atoms with Gasteiger partial charge < -0.3 is 10.2 Å². The van der Waals surface area contributed by atoms with Crippen molar-refractivity contribution in [2.45, 2.75) is 38.8 Å². The summed E-state index contributed by atoms with van der Waals surface area (Å²) in [5.41, 5.74) is 0. The summed E-state index contributed by atoms with van der Waals surface area (Å²) < 4.78 is 12.9. The molecule has 0 bridgehead atoms. The lowest BCUT2D eigenvalue weighted by Gasteiger charge is -2.35. The van der Waals surface area contributed by atoms with Gasteiger partial charge in [0, 0.05) is 25.2 Å². The molecule has 2 heterocycles. The van der Waals surface area contributed by atoms with Crippen LogP contribution in [0.25, 0.3) is 0 Å². The van der Waals surface area contributed by atoms with Crippen LogP contribution in [0.5, 0.6) is 0 Å². The summed E-state index contributed by atoms with van der Waals surface area (Å²) in [7, 11) is 0. The van der Waals surface area contributed by atoms with E-state index in [1.54, 1.807) is 6.07 Å². The summed E-state index contributed by atoms with van der Waals surface area (Å²) in [5.74, 6) is 0.225. The van der Waals surface area contributed by atoms with Crippen LogP contribution >= 0.6 is 0 Å². The second kappa shape index (κ2) is 5.45. The van der Waals surface area contributed by atoms with Crippen molar-refractivity contribution in [1.82, 2.24) is 9.88 Å². The molecule has 4 heteroatoms. The maximum atomic E-state index is 12.9. The Labute approximate surface area is 102 Å². The van der Waals surface area contributed by atoms with Gasteiger partial charge in [-0.3, -0.25) is 0 Å². The van der Waals surface area contributed by atoms with Crippen molar-refractivity contribution >= 4 is 5.82 Å². The molecule has 0 amide bonds. The first-order chi connectivity index (χ1) is 8.15. The third kappa shape index (κ3) is 3.40. The molecule has 0 spiro atoms. The van der Waals surface area contributed by atoms with Gasteiger partial charge in [0.15, 0.2) is 0 Å². The zero-order valence-electron chi connectivity index (χ0n) is 10.5. The molecule has 1 aromatic heterocycles. The Balaban J connectivity index is 1.86. The normalized spacial score (nSPS) is 18.6. The molecular weight excluding hydrogens is 217 g/mol. The van der Waals surface area contributed by atoms with Crippen LogP contribution in [0.15, 0.2) is 18.2 Å². The van der Waals surface area contributed by atoms with Crippen molar-refractivity contribution in [3.8, 4) is 0 Å². The summed E-state index contributed by atoms with van der Waals surface area (Å²) >= 11 is 0. The van der Waals surface area contributed by atoms with Crippen LogP contribution in [0.3, 0.4) is 0 Å². The van der Waals surface area contributed by atoms with Gasteiger partial charge in [-0.1, -0.05) is 6.07 Å². The number of nitrogens with zero attached hydrogens (tertiary/aromatic N) is 2. The van der Waals surface area contributed by atoms with Gasteiger partial charge in [-0.05, 0) is 38.8 Å². The first-order valence-electron chi connectivity index (χ1n) is 6.28.